The molecule has 0 spiro atoms. The van der Waals surface area contributed by atoms with Crippen molar-refractivity contribution in [3.05, 3.63) is 23.8 Å². The molecule has 0 fully saturated rings. The lowest BCUT2D eigenvalue weighted by Gasteiger charge is -2.29. The Balaban J connectivity index is 0.00000529. The molecule has 0 saturated carbocycles. The van der Waals surface area contributed by atoms with Gasteiger partial charge in [0.25, 0.3) is 0 Å². The van der Waals surface area contributed by atoms with Gasteiger partial charge in [0, 0.05) is 13.7 Å². The molecule has 0 heterocycles. The van der Waals surface area contributed by atoms with Crippen LogP contribution in [0.2, 0.25) is 0 Å². The molecule has 0 bridgehead atoms. The molecule has 1 unspecified atom stereocenters. The number of nitrogens with two attached hydrogens (primary N) is 1. The number of nitrogens with zero attached hydrogens (tertiary/aromatic N) is 1. The van der Waals surface area contributed by atoms with Gasteiger partial charge in [0.15, 0.2) is 17.5 Å². The number of benzene rings is 1. The smallest absolute Gasteiger partial charge is 0.189 e. The summed E-state index contributed by atoms with van der Waals surface area (Å²) in [5, 5.41) is 3.11. The predicted octanol–water partition coefficient (Wildman–Crippen LogP) is 2.79. The van der Waals surface area contributed by atoms with Crippen LogP contribution < -0.4 is 20.5 Å². The minimum Gasteiger partial charge on any atom is -0.493 e. The zero-order valence-electron chi connectivity index (χ0n) is 15.4. The van der Waals surface area contributed by atoms with Crippen molar-refractivity contribution in [1.82, 2.24) is 5.32 Å². The Kier molecular flexibility index (Phi) is 10.1. The highest BCUT2D eigenvalue weighted by atomic mass is 127. The largest absolute Gasteiger partial charge is 0.493 e. The number of guanidine groups is 1. The number of methoxy groups -OCH3 is 3. The Hall–Kier alpha value is -1.22. The third kappa shape index (κ3) is 7.12. The Morgan fingerprint density at radius 2 is 1.79 bits per heavy atom. The third-order valence-corrected chi connectivity index (χ3v) is 3.60. The van der Waals surface area contributed by atoms with Crippen molar-refractivity contribution in [2.24, 2.45) is 16.1 Å². The number of halogens is 1. The van der Waals surface area contributed by atoms with Crippen molar-refractivity contribution in [1.29, 1.82) is 0 Å². The Morgan fingerprint density at radius 1 is 1.17 bits per heavy atom. The Bertz CT molecular complexity index is 530. The van der Waals surface area contributed by atoms with Crippen LogP contribution >= 0.6 is 24.0 Å². The molecule has 6 nitrogen and oxygen atoms in total. The van der Waals surface area contributed by atoms with E-state index in [0.29, 0.717) is 30.5 Å². The number of nitrogens with one attached hydrogen (secondary N) is 1. The first kappa shape index (κ1) is 22.8. The Morgan fingerprint density at radius 3 is 2.29 bits per heavy atom. The van der Waals surface area contributed by atoms with Gasteiger partial charge in [-0.25, -0.2) is 4.99 Å². The number of aliphatic imine (C=N–C) groups is 1. The monoisotopic (exact) mass is 451 g/mol. The van der Waals surface area contributed by atoms with Crippen LogP contribution in [0.3, 0.4) is 0 Å². The molecular weight excluding hydrogens is 421 g/mol. The molecule has 3 N–H and O–H groups in total. The maximum Gasteiger partial charge on any atom is 0.189 e. The topological polar surface area (TPSA) is 78.1 Å². The molecule has 0 radical (unpaired) electrons. The first-order chi connectivity index (χ1) is 10.8. The van der Waals surface area contributed by atoms with E-state index in [0.717, 1.165) is 5.56 Å². The van der Waals surface area contributed by atoms with E-state index in [9.17, 15) is 0 Å². The molecule has 1 aromatic rings. The summed E-state index contributed by atoms with van der Waals surface area (Å²) in [6.07, 6.45) is 0.0531. The van der Waals surface area contributed by atoms with Crippen LogP contribution in [-0.2, 0) is 11.3 Å². The molecule has 1 rings (SSSR count). The normalized spacial score (nSPS) is 13.0. The van der Waals surface area contributed by atoms with Crippen molar-refractivity contribution in [3.63, 3.8) is 0 Å². The standard InChI is InChI=1S/C17H29N3O3.HI/c1-17(2,3)15(23-6)11-20-16(18)19-10-12-7-8-13(21-4)14(9-12)22-5;/h7-9,15H,10-11H2,1-6H3,(H3,18,19,20);1H. The van der Waals surface area contributed by atoms with Gasteiger partial charge in [-0.15, -0.1) is 24.0 Å². The highest BCUT2D eigenvalue weighted by Crippen LogP contribution is 2.27. The summed E-state index contributed by atoms with van der Waals surface area (Å²) < 4.78 is 16.0. The van der Waals surface area contributed by atoms with Crippen molar-refractivity contribution in [3.8, 4) is 11.5 Å². The molecular formula is C17H30IN3O3. The molecule has 0 amide bonds. The number of hydrogen-bond acceptors (Lipinski definition) is 4. The van der Waals surface area contributed by atoms with Gasteiger partial charge in [-0.3, -0.25) is 0 Å². The maximum atomic E-state index is 5.92. The van der Waals surface area contributed by atoms with Gasteiger partial charge in [-0.1, -0.05) is 26.8 Å². The van der Waals surface area contributed by atoms with Crippen LogP contribution in [0.1, 0.15) is 26.3 Å². The molecule has 0 saturated heterocycles. The number of rotatable bonds is 7. The van der Waals surface area contributed by atoms with E-state index in [4.69, 9.17) is 19.9 Å². The van der Waals surface area contributed by atoms with Gasteiger partial charge >= 0.3 is 0 Å². The SMILES string of the molecule is COc1ccc(CN=C(N)NCC(OC)C(C)(C)C)cc1OC.I. The second-order valence-corrected chi connectivity index (χ2v) is 6.36. The molecule has 7 heteroatoms. The first-order valence-electron chi connectivity index (χ1n) is 7.59. The van der Waals surface area contributed by atoms with Crippen molar-refractivity contribution < 1.29 is 14.2 Å². The lowest BCUT2D eigenvalue weighted by molar-refractivity contribution is 0.0206. The summed E-state index contributed by atoms with van der Waals surface area (Å²) in [4.78, 5) is 4.35. The van der Waals surface area contributed by atoms with E-state index in [1.165, 1.54) is 0 Å². The molecule has 0 aliphatic rings. The first-order valence-corrected chi connectivity index (χ1v) is 7.59. The lowest BCUT2D eigenvalue weighted by atomic mass is 9.89. The Labute approximate surface area is 162 Å². The summed E-state index contributed by atoms with van der Waals surface area (Å²) in [5.74, 6) is 1.77. The predicted molar refractivity (Wildman–Crippen MR) is 109 cm³/mol. The minimum absolute atomic E-state index is 0. The fourth-order valence-corrected chi connectivity index (χ4v) is 2.15. The zero-order valence-corrected chi connectivity index (χ0v) is 17.7. The van der Waals surface area contributed by atoms with E-state index in [2.05, 4.69) is 31.1 Å². The van der Waals surface area contributed by atoms with Crippen LogP contribution in [0.4, 0.5) is 0 Å². The molecule has 0 aliphatic carbocycles. The summed E-state index contributed by atoms with van der Waals surface area (Å²) in [7, 11) is 4.92. The third-order valence-electron chi connectivity index (χ3n) is 3.60. The minimum atomic E-state index is 0. The van der Waals surface area contributed by atoms with Crippen LogP contribution in [0, 0.1) is 5.41 Å². The van der Waals surface area contributed by atoms with E-state index >= 15 is 0 Å². The molecule has 1 aromatic carbocycles. The van der Waals surface area contributed by atoms with Gasteiger partial charge in [0.1, 0.15) is 0 Å². The van der Waals surface area contributed by atoms with Gasteiger partial charge in [-0.05, 0) is 23.1 Å². The average molecular weight is 451 g/mol. The number of ether oxygens (including phenoxy) is 3. The van der Waals surface area contributed by atoms with E-state index in [1.807, 2.05) is 18.2 Å². The lowest BCUT2D eigenvalue weighted by Crippen LogP contribution is -2.43. The second kappa shape index (κ2) is 10.6. The zero-order chi connectivity index (χ0) is 17.5. The molecule has 24 heavy (non-hydrogen) atoms. The number of hydrogen-bond donors (Lipinski definition) is 2. The highest BCUT2D eigenvalue weighted by molar-refractivity contribution is 14.0. The van der Waals surface area contributed by atoms with Crippen LogP contribution in [0.15, 0.2) is 23.2 Å². The molecule has 138 valence electrons. The highest BCUT2D eigenvalue weighted by Gasteiger charge is 2.24. The molecule has 0 aliphatic heterocycles. The molecule has 1 atom stereocenters. The van der Waals surface area contributed by atoms with Gasteiger partial charge in [0.05, 0.1) is 26.9 Å². The maximum absolute atomic E-state index is 5.92. The van der Waals surface area contributed by atoms with Gasteiger partial charge < -0.3 is 25.3 Å². The molecule has 0 aromatic heterocycles. The fraction of sp³-hybridized carbons (Fsp3) is 0.588. The van der Waals surface area contributed by atoms with E-state index in [-0.39, 0.29) is 35.5 Å². The van der Waals surface area contributed by atoms with Crippen LogP contribution in [0.5, 0.6) is 11.5 Å². The van der Waals surface area contributed by atoms with E-state index < -0.39 is 0 Å². The van der Waals surface area contributed by atoms with Crippen molar-refractivity contribution in [2.45, 2.75) is 33.4 Å². The van der Waals surface area contributed by atoms with Crippen LogP contribution in [-0.4, -0.2) is 39.9 Å². The summed E-state index contributed by atoms with van der Waals surface area (Å²) in [5.41, 5.74) is 6.95. The quantitative estimate of drug-likeness (QED) is 0.379. The average Bonchev–Trinajstić information content (AvgIpc) is 2.51. The summed E-state index contributed by atoms with van der Waals surface area (Å²) >= 11 is 0. The summed E-state index contributed by atoms with van der Waals surface area (Å²) in [6, 6.07) is 5.68. The van der Waals surface area contributed by atoms with Crippen molar-refractivity contribution in [2.75, 3.05) is 27.9 Å². The van der Waals surface area contributed by atoms with E-state index in [1.54, 1.807) is 21.3 Å². The van der Waals surface area contributed by atoms with Gasteiger partial charge in [0.2, 0.25) is 0 Å². The van der Waals surface area contributed by atoms with Gasteiger partial charge in [-0.2, -0.15) is 0 Å². The fourth-order valence-electron chi connectivity index (χ4n) is 2.15. The van der Waals surface area contributed by atoms with Crippen LogP contribution in [0.25, 0.3) is 0 Å². The second-order valence-electron chi connectivity index (χ2n) is 6.36. The summed E-state index contributed by atoms with van der Waals surface area (Å²) in [6.45, 7) is 7.45. The van der Waals surface area contributed by atoms with Crippen molar-refractivity contribution >= 4 is 29.9 Å².